The highest BCUT2D eigenvalue weighted by Gasteiger charge is 2.42. The Balaban J connectivity index is 1.90. The Kier molecular flexibility index (Phi) is 6.63. The Morgan fingerprint density at radius 3 is 2.42 bits per heavy atom. The van der Waals surface area contributed by atoms with Crippen LogP contribution in [0.4, 0.5) is 28.0 Å². The maximum Gasteiger partial charge on any atom is 0.418 e. The van der Waals surface area contributed by atoms with E-state index in [1.165, 1.54) is 30.3 Å². The van der Waals surface area contributed by atoms with Crippen molar-refractivity contribution >= 4 is 11.7 Å². The fraction of sp³-hybridized carbons (Fsp3) is 0.435. The lowest BCUT2D eigenvalue weighted by atomic mass is 9.84. The van der Waals surface area contributed by atoms with Crippen LogP contribution in [0.25, 0.3) is 0 Å². The van der Waals surface area contributed by atoms with Crippen molar-refractivity contribution in [2.75, 3.05) is 12.4 Å². The van der Waals surface area contributed by atoms with Gasteiger partial charge in [0.25, 0.3) is 0 Å². The highest BCUT2D eigenvalue weighted by Crippen LogP contribution is 2.43. The van der Waals surface area contributed by atoms with Gasteiger partial charge in [-0.15, -0.1) is 0 Å². The smallest absolute Gasteiger partial charge is 0.418 e. The molecule has 0 fully saturated rings. The molecule has 0 saturated carbocycles. The molecule has 0 heterocycles. The Bertz CT molecular complexity index is 1050. The van der Waals surface area contributed by atoms with E-state index in [1.54, 1.807) is 20.8 Å². The number of aliphatic hydroxyl groups is 2. The van der Waals surface area contributed by atoms with Crippen LogP contribution in [0.3, 0.4) is 0 Å². The molecule has 1 aliphatic rings. The van der Waals surface area contributed by atoms with E-state index >= 15 is 0 Å². The Morgan fingerprint density at radius 2 is 1.85 bits per heavy atom. The number of aliphatic hydroxyl groups excluding tert-OH is 2. The summed E-state index contributed by atoms with van der Waals surface area (Å²) in [5.74, 6) is -0.849. The number of benzene rings is 2. The van der Waals surface area contributed by atoms with E-state index in [9.17, 15) is 32.6 Å². The van der Waals surface area contributed by atoms with Gasteiger partial charge in [0.2, 0.25) is 0 Å². The van der Waals surface area contributed by atoms with Crippen molar-refractivity contribution in [3.8, 4) is 5.75 Å². The minimum atomic E-state index is -4.95. The summed E-state index contributed by atoms with van der Waals surface area (Å²) in [7, 11) is 1.13. The molecule has 180 valence electrons. The van der Waals surface area contributed by atoms with Crippen LogP contribution in [0.1, 0.15) is 55.2 Å². The van der Waals surface area contributed by atoms with E-state index in [-0.39, 0.29) is 17.9 Å². The summed E-state index contributed by atoms with van der Waals surface area (Å²) in [4.78, 5) is 12.7. The SMILES string of the molecule is COc1c(NC(=O)NC2Cc3ccc(F)cc3C2O)cc(C(C)(C)C)cc1[C@@H](O)C(F)(F)F. The molecular formula is C23H26F4N2O4. The van der Waals surface area contributed by atoms with E-state index in [0.717, 1.165) is 7.11 Å². The highest BCUT2D eigenvalue weighted by molar-refractivity contribution is 5.92. The number of alkyl halides is 3. The molecule has 0 radical (unpaired) electrons. The monoisotopic (exact) mass is 470 g/mol. The minimum absolute atomic E-state index is 0.0724. The van der Waals surface area contributed by atoms with Crippen LogP contribution in [0.2, 0.25) is 0 Å². The number of urea groups is 1. The fourth-order valence-corrected chi connectivity index (χ4v) is 3.83. The van der Waals surface area contributed by atoms with Gasteiger partial charge in [0.05, 0.1) is 24.9 Å². The molecule has 2 aromatic carbocycles. The molecule has 0 aliphatic heterocycles. The third-order valence-corrected chi connectivity index (χ3v) is 5.60. The summed E-state index contributed by atoms with van der Waals surface area (Å²) in [6, 6.07) is 5.08. The standard InChI is InChI=1S/C23H26F4N2O4/c1-22(2,3)12-8-15(20(31)23(25,26)27)19(33-4)17(9-12)29-21(32)28-16-7-11-5-6-13(24)10-14(11)18(16)30/h5-6,8-10,16,18,20,30-31H,7H2,1-4H3,(H2,28,29,32)/t16?,18?,20-/m1/s1. The zero-order valence-electron chi connectivity index (χ0n) is 18.5. The second-order valence-electron chi connectivity index (χ2n) is 9.04. The first-order valence-electron chi connectivity index (χ1n) is 10.2. The first-order valence-corrected chi connectivity index (χ1v) is 10.2. The van der Waals surface area contributed by atoms with Gasteiger partial charge in [-0.3, -0.25) is 0 Å². The van der Waals surface area contributed by atoms with Crippen molar-refractivity contribution < 1.29 is 37.3 Å². The summed E-state index contributed by atoms with van der Waals surface area (Å²) in [6.45, 7) is 5.31. The van der Waals surface area contributed by atoms with Gasteiger partial charge in [0, 0.05) is 5.56 Å². The molecule has 2 amide bonds. The first-order chi connectivity index (χ1) is 15.2. The Morgan fingerprint density at radius 1 is 1.18 bits per heavy atom. The number of fused-ring (bicyclic) bond motifs is 1. The molecule has 0 saturated heterocycles. The number of rotatable bonds is 4. The normalized spacial score (nSPS) is 19.1. The number of anilines is 1. The summed E-state index contributed by atoms with van der Waals surface area (Å²) in [5.41, 5.74) is 0.265. The van der Waals surface area contributed by atoms with Crippen molar-refractivity contribution in [3.05, 3.63) is 58.4 Å². The van der Waals surface area contributed by atoms with Crippen LogP contribution >= 0.6 is 0 Å². The first kappa shape index (κ1) is 24.8. The number of hydrogen-bond acceptors (Lipinski definition) is 4. The van der Waals surface area contributed by atoms with Gasteiger partial charge < -0.3 is 25.6 Å². The number of carbonyl (C=O) groups is 1. The predicted octanol–water partition coefficient (Wildman–Crippen LogP) is 4.51. The maximum absolute atomic E-state index is 13.5. The van der Waals surface area contributed by atoms with Crippen LogP contribution in [0.5, 0.6) is 5.75 Å². The summed E-state index contributed by atoms with van der Waals surface area (Å²) < 4.78 is 58.5. The number of hydrogen-bond donors (Lipinski definition) is 4. The molecule has 3 rings (SSSR count). The van der Waals surface area contributed by atoms with Gasteiger partial charge in [-0.25, -0.2) is 9.18 Å². The van der Waals surface area contributed by atoms with Crippen molar-refractivity contribution in [2.45, 2.75) is 57.0 Å². The minimum Gasteiger partial charge on any atom is -0.494 e. The molecule has 2 aromatic rings. The second-order valence-corrected chi connectivity index (χ2v) is 9.04. The van der Waals surface area contributed by atoms with Crippen LogP contribution in [-0.4, -0.2) is 35.6 Å². The molecule has 4 N–H and O–H groups in total. The summed E-state index contributed by atoms with van der Waals surface area (Å²) in [5, 5.41) is 25.4. The van der Waals surface area contributed by atoms with Gasteiger partial charge in [-0.05, 0) is 52.8 Å². The quantitative estimate of drug-likeness (QED) is 0.495. The van der Waals surface area contributed by atoms with E-state index in [1.807, 2.05) is 0 Å². The Labute approximate surface area is 188 Å². The third-order valence-electron chi connectivity index (χ3n) is 5.60. The fourth-order valence-electron chi connectivity index (χ4n) is 3.83. The number of amides is 2. The summed E-state index contributed by atoms with van der Waals surface area (Å²) in [6.07, 6.45) is -8.66. The molecule has 0 aromatic heterocycles. The van der Waals surface area contributed by atoms with Crippen LogP contribution < -0.4 is 15.4 Å². The van der Waals surface area contributed by atoms with Crippen LogP contribution in [-0.2, 0) is 11.8 Å². The highest BCUT2D eigenvalue weighted by atomic mass is 19.4. The number of carbonyl (C=O) groups excluding carboxylic acids is 1. The van der Waals surface area contributed by atoms with Crippen molar-refractivity contribution in [3.63, 3.8) is 0 Å². The van der Waals surface area contributed by atoms with E-state index < -0.39 is 47.3 Å². The maximum atomic E-state index is 13.5. The van der Waals surface area contributed by atoms with Gasteiger partial charge in [0.15, 0.2) is 6.10 Å². The molecule has 6 nitrogen and oxygen atoms in total. The molecule has 0 bridgehead atoms. The van der Waals surface area contributed by atoms with Gasteiger partial charge in [0.1, 0.15) is 11.6 Å². The number of methoxy groups -OCH3 is 1. The van der Waals surface area contributed by atoms with E-state index in [4.69, 9.17) is 4.74 Å². The average molecular weight is 470 g/mol. The molecule has 1 aliphatic carbocycles. The molecule has 0 spiro atoms. The summed E-state index contributed by atoms with van der Waals surface area (Å²) >= 11 is 0. The lowest BCUT2D eigenvalue weighted by molar-refractivity contribution is -0.207. The van der Waals surface area contributed by atoms with Crippen LogP contribution in [0, 0.1) is 5.82 Å². The zero-order valence-corrected chi connectivity index (χ0v) is 18.5. The molecular weight excluding hydrogens is 444 g/mol. The largest absolute Gasteiger partial charge is 0.494 e. The number of nitrogens with one attached hydrogen (secondary N) is 2. The van der Waals surface area contributed by atoms with E-state index in [0.29, 0.717) is 16.7 Å². The lowest BCUT2D eigenvalue weighted by Crippen LogP contribution is -2.40. The molecule has 10 heteroatoms. The van der Waals surface area contributed by atoms with Crippen molar-refractivity contribution in [1.29, 1.82) is 0 Å². The van der Waals surface area contributed by atoms with Crippen LogP contribution in [0.15, 0.2) is 30.3 Å². The van der Waals surface area contributed by atoms with Gasteiger partial charge in [-0.2, -0.15) is 13.2 Å². The van der Waals surface area contributed by atoms with Gasteiger partial charge in [-0.1, -0.05) is 26.8 Å². The predicted molar refractivity (Wildman–Crippen MR) is 114 cm³/mol. The average Bonchev–Trinajstić information content (AvgIpc) is 3.00. The number of ether oxygens (including phenoxy) is 1. The second kappa shape index (κ2) is 8.83. The zero-order chi connectivity index (χ0) is 24.7. The van der Waals surface area contributed by atoms with Gasteiger partial charge >= 0.3 is 12.2 Å². The lowest BCUT2D eigenvalue weighted by Gasteiger charge is -2.26. The molecule has 3 atom stereocenters. The topological polar surface area (TPSA) is 90.8 Å². The third kappa shape index (κ3) is 5.22. The Hall–Kier alpha value is -2.85. The molecule has 33 heavy (non-hydrogen) atoms. The van der Waals surface area contributed by atoms with Crippen molar-refractivity contribution in [2.24, 2.45) is 0 Å². The van der Waals surface area contributed by atoms with E-state index in [2.05, 4.69) is 10.6 Å². The molecule has 2 unspecified atom stereocenters. The van der Waals surface area contributed by atoms with Crippen molar-refractivity contribution in [1.82, 2.24) is 5.32 Å². The number of halogens is 4.